The molecule has 0 spiro atoms. The molecule has 0 bridgehead atoms. The smallest absolute Gasteiger partial charge is 0.326 e. The van der Waals surface area contributed by atoms with Crippen LogP contribution >= 0.6 is 23.2 Å². The van der Waals surface area contributed by atoms with Gasteiger partial charge in [0.2, 0.25) is 10.0 Å². The van der Waals surface area contributed by atoms with E-state index in [1.165, 1.54) is 38.5 Å². The summed E-state index contributed by atoms with van der Waals surface area (Å²) >= 11 is 12.1. The van der Waals surface area contributed by atoms with Gasteiger partial charge in [0.25, 0.3) is 11.8 Å². The summed E-state index contributed by atoms with van der Waals surface area (Å²) in [5, 5.41) is 12.3. The molecule has 0 unspecified atom stereocenters. The average molecular weight is 595 g/mol. The lowest BCUT2D eigenvalue weighted by Gasteiger charge is -2.17. The predicted octanol–water partition coefficient (Wildman–Crippen LogP) is 3.79. The highest BCUT2D eigenvalue weighted by atomic mass is 35.5. The van der Waals surface area contributed by atoms with E-state index in [9.17, 15) is 27.9 Å². The van der Waals surface area contributed by atoms with Crippen LogP contribution in [-0.4, -0.2) is 57.8 Å². The molecular formula is C26H24Cl2N2O8S. The molecule has 0 aromatic heterocycles. The number of carboxylic acid groups (broad SMARTS) is 1. The fourth-order valence-corrected chi connectivity index (χ4v) is 4.77. The number of aliphatic carboxylic acids is 1. The van der Waals surface area contributed by atoms with Gasteiger partial charge in [-0.25, -0.2) is 17.9 Å². The summed E-state index contributed by atoms with van der Waals surface area (Å²) in [4.78, 5) is 36.9. The second-order valence-corrected chi connectivity index (χ2v) is 10.9. The van der Waals surface area contributed by atoms with Crippen molar-refractivity contribution < 1.29 is 37.4 Å². The van der Waals surface area contributed by atoms with E-state index in [-0.39, 0.29) is 39.1 Å². The molecular weight excluding hydrogens is 571 g/mol. The number of sulfonamides is 1. The van der Waals surface area contributed by atoms with Crippen molar-refractivity contribution >= 4 is 51.0 Å². The van der Waals surface area contributed by atoms with Gasteiger partial charge in [-0.3, -0.25) is 9.59 Å². The molecule has 0 saturated carbocycles. The van der Waals surface area contributed by atoms with E-state index in [2.05, 4.69) is 5.32 Å². The van der Waals surface area contributed by atoms with E-state index >= 15 is 0 Å². The third-order valence-corrected chi connectivity index (χ3v) is 6.71. The Hall–Kier alpha value is -3.80. The van der Waals surface area contributed by atoms with Gasteiger partial charge in [0, 0.05) is 12.0 Å². The Kier molecular flexibility index (Phi) is 9.44. The Bertz CT molecular complexity index is 1480. The molecule has 10 nitrogen and oxygen atoms in total. The predicted molar refractivity (Wildman–Crippen MR) is 146 cm³/mol. The van der Waals surface area contributed by atoms with Crippen molar-refractivity contribution in [2.45, 2.75) is 12.5 Å². The van der Waals surface area contributed by atoms with E-state index in [1.54, 1.807) is 30.3 Å². The molecule has 39 heavy (non-hydrogen) atoms. The van der Waals surface area contributed by atoms with Crippen LogP contribution in [0.4, 0.5) is 0 Å². The number of carboxylic acids is 1. The fourth-order valence-electron chi connectivity index (χ4n) is 3.74. The number of hydrogen-bond donors (Lipinski definition) is 3. The zero-order valence-electron chi connectivity index (χ0n) is 20.9. The van der Waals surface area contributed by atoms with Gasteiger partial charge in [-0.2, -0.15) is 0 Å². The van der Waals surface area contributed by atoms with Gasteiger partial charge in [0.05, 0.1) is 41.6 Å². The Morgan fingerprint density at radius 2 is 1.46 bits per heavy atom. The molecule has 0 fully saturated rings. The highest BCUT2D eigenvalue weighted by Gasteiger charge is 2.24. The molecule has 0 aliphatic rings. The summed E-state index contributed by atoms with van der Waals surface area (Å²) in [5.74, 6) is -2.33. The van der Waals surface area contributed by atoms with Crippen molar-refractivity contribution in [1.29, 1.82) is 0 Å². The molecule has 3 N–H and O–H groups in total. The number of rotatable bonds is 10. The number of benzene rings is 3. The Balaban J connectivity index is 1.87. The first-order valence-corrected chi connectivity index (χ1v) is 13.8. The van der Waals surface area contributed by atoms with Crippen molar-refractivity contribution in [3.63, 3.8) is 0 Å². The minimum absolute atomic E-state index is 0.00756. The second-order valence-electron chi connectivity index (χ2n) is 8.32. The third-order valence-electron chi connectivity index (χ3n) is 5.52. The van der Waals surface area contributed by atoms with Crippen LogP contribution in [-0.2, 0) is 21.2 Å². The van der Waals surface area contributed by atoms with Gasteiger partial charge in [-0.1, -0.05) is 53.5 Å². The summed E-state index contributed by atoms with van der Waals surface area (Å²) in [6.07, 6.45) is 0.823. The van der Waals surface area contributed by atoms with Crippen molar-refractivity contribution in [2.75, 3.05) is 20.5 Å². The molecule has 13 heteroatoms. The monoisotopic (exact) mass is 594 g/mol. The Labute approximate surface area is 234 Å². The molecule has 1 atom stereocenters. The van der Waals surface area contributed by atoms with E-state index in [0.29, 0.717) is 16.7 Å². The molecule has 2 amide bonds. The third kappa shape index (κ3) is 7.41. The lowest BCUT2D eigenvalue weighted by atomic mass is 9.97. The van der Waals surface area contributed by atoms with Crippen molar-refractivity contribution in [3.05, 3.63) is 81.3 Å². The zero-order valence-corrected chi connectivity index (χ0v) is 23.3. The van der Waals surface area contributed by atoms with Gasteiger partial charge in [0.1, 0.15) is 17.5 Å². The second kappa shape index (κ2) is 12.4. The first-order valence-electron chi connectivity index (χ1n) is 11.2. The molecule has 3 aromatic rings. The largest absolute Gasteiger partial charge is 0.496 e. The summed E-state index contributed by atoms with van der Waals surface area (Å²) in [7, 11) is -1.01. The number of carbonyl (C=O) groups excluding carboxylic acids is 2. The van der Waals surface area contributed by atoms with Gasteiger partial charge < -0.3 is 19.9 Å². The van der Waals surface area contributed by atoms with Crippen molar-refractivity contribution in [2.24, 2.45) is 0 Å². The number of hydrogen-bond acceptors (Lipinski definition) is 7. The number of halogens is 2. The van der Waals surface area contributed by atoms with Crippen LogP contribution in [0.5, 0.6) is 11.5 Å². The van der Waals surface area contributed by atoms with Crippen LogP contribution in [0.15, 0.2) is 54.6 Å². The van der Waals surface area contributed by atoms with Crippen LogP contribution in [0, 0.1) is 0 Å². The topological polar surface area (TPSA) is 148 Å². The fraction of sp³-hybridized carbons (Fsp3) is 0.192. The molecule has 206 valence electrons. The van der Waals surface area contributed by atoms with Gasteiger partial charge in [-0.15, -0.1) is 0 Å². The highest BCUT2D eigenvalue weighted by molar-refractivity contribution is 7.89. The molecule has 0 saturated heterocycles. The maximum Gasteiger partial charge on any atom is 0.326 e. The molecule has 0 heterocycles. The first-order chi connectivity index (χ1) is 18.3. The number of nitrogens with one attached hydrogen (secondary N) is 2. The number of ether oxygens (including phenoxy) is 2. The van der Waals surface area contributed by atoms with Crippen molar-refractivity contribution in [1.82, 2.24) is 10.0 Å². The lowest BCUT2D eigenvalue weighted by molar-refractivity contribution is -0.139. The molecule has 0 aliphatic carbocycles. The molecule has 3 rings (SSSR count). The summed E-state index contributed by atoms with van der Waals surface area (Å²) in [6.45, 7) is 0. The SMILES string of the molecule is COc1cc(C(=O)NS(C)(=O)=O)cc(OC)c1-c1ccc(C[C@H](NC(=O)c2c(Cl)cccc2Cl)C(=O)O)cc1. The number of methoxy groups -OCH3 is 2. The standard InChI is InChI=1S/C26H24Cl2N2O8S/c1-37-20-12-16(24(31)30-39(3,35)36)13-21(38-2)22(20)15-9-7-14(8-10-15)11-19(26(33)34)29-25(32)23-17(27)5-4-6-18(23)28/h4-10,12-13,19H,11H2,1-3H3,(H,29,32)(H,30,31)(H,33,34)/t19-/m0/s1. The van der Waals surface area contributed by atoms with Crippen LogP contribution in [0.25, 0.3) is 11.1 Å². The van der Waals surface area contributed by atoms with Gasteiger partial charge in [0.15, 0.2) is 0 Å². The normalized spacial score (nSPS) is 11.8. The first kappa shape index (κ1) is 29.8. The van der Waals surface area contributed by atoms with E-state index in [4.69, 9.17) is 32.7 Å². The minimum atomic E-state index is -3.78. The van der Waals surface area contributed by atoms with Gasteiger partial charge in [-0.05, 0) is 35.4 Å². The lowest BCUT2D eigenvalue weighted by Crippen LogP contribution is -2.42. The zero-order chi connectivity index (χ0) is 28.9. The van der Waals surface area contributed by atoms with E-state index < -0.39 is 33.8 Å². The molecule has 0 aliphatic heterocycles. The summed E-state index contributed by atoms with van der Waals surface area (Å²) in [6, 6.07) is 12.7. The van der Waals surface area contributed by atoms with Gasteiger partial charge >= 0.3 is 5.97 Å². The highest BCUT2D eigenvalue weighted by Crippen LogP contribution is 2.39. The Morgan fingerprint density at radius 3 is 1.92 bits per heavy atom. The number of amides is 2. The number of carbonyl (C=O) groups is 3. The maximum atomic E-state index is 12.7. The molecule has 0 radical (unpaired) electrons. The van der Waals surface area contributed by atoms with E-state index in [1.807, 2.05) is 4.72 Å². The minimum Gasteiger partial charge on any atom is -0.496 e. The summed E-state index contributed by atoms with van der Waals surface area (Å²) < 4.78 is 35.7. The van der Waals surface area contributed by atoms with Crippen LogP contribution < -0.4 is 19.5 Å². The average Bonchev–Trinajstić information content (AvgIpc) is 2.86. The molecule has 3 aromatic carbocycles. The van der Waals surface area contributed by atoms with Crippen molar-refractivity contribution in [3.8, 4) is 22.6 Å². The maximum absolute atomic E-state index is 12.7. The quantitative estimate of drug-likeness (QED) is 0.321. The van der Waals surface area contributed by atoms with Crippen LogP contribution in [0.3, 0.4) is 0 Å². The Morgan fingerprint density at radius 1 is 0.923 bits per heavy atom. The summed E-state index contributed by atoms with van der Waals surface area (Å²) in [5.41, 5.74) is 1.68. The van der Waals surface area contributed by atoms with Crippen LogP contribution in [0.1, 0.15) is 26.3 Å². The van der Waals surface area contributed by atoms with Crippen LogP contribution in [0.2, 0.25) is 10.0 Å². The van der Waals surface area contributed by atoms with E-state index in [0.717, 1.165) is 6.26 Å².